The molecular formula is C23H25NO. The average Bonchev–Trinajstić information content (AvgIpc) is 3.07. The van der Waals surface area contributed by atoms with Gasteiger partial charge < -0.3 is 0 Å². The van der Waals surface area contributed by atoms with Crippen LogP contribution in [0.4, 0.5) is 0 Å². The number of carbonyl (C=O) groups is 1. The summed E-state index contributed by atoms with van der Waals surface area (Å²) in [5, 5.41) is 2.59. The van der Waals surface area contributed by atoms with Crippen molar-refractivity contribution in [3.8, 4) is 0 Å². The van der Waals surface area contributed by atoms with Gasteiger partial charge in [0.15, 0.2) is 0 Å². The molecule has 3 aliphatic rings. The maximum Gasteiger partial charge on any atom is 0.145 e. The number of ketones is 1. The van der Waals surface area contributed by atoms with Gasteiger partial charge in [0.05, 0.1) is 11.0 Å². The van der Waals surface area contributed by atoms with Gasteiger partial charge >= 0.3 is 0 Å². The molecule has 0 radical (unpaired) electrons. The molecule has 2 nitrogen and oxygen atoms in total. The number of Topliss-reactive ketones (excluding diaryl/α,β-unsaturated/α-hetero) is 1. The van der Waals surface area contributed by atoms with E-state index in [1.807, 2.05) is 0 Å². The normalized spacial score (nSPS) is 33.8. The van der Waals surface area contributed by atoms with E-state index < -0.39 is 0 Å². The predicted molar refractivity (Wildman–Crippen MR) is 102 cm³/mol. The Hall–Kier alpha value is -1.93. The molecule has 0 aliphatic heterocycles. The first kappa shape index (κ1) is 15.3. The van der Waals surface area contributed by atoms with Crippen LogP contribution < -0.4 is 0 Å². The zero-order valence-electron chi connectivity index (χ0n) is 15.1. The van der Waals surface area contributed by atoms with Gasteiger partial charge in [-0.15, -0.1) is 0 Å². The zero-order chi connectivity index (χ0) is 17.2. The van der Waals surface area contributed by atoms with Gasteiger partial charge in [-0.1, -0.05) is 61.4 Å². The Morgan fingerprint density at radius 1 is 1.04 bits per heavy atom. The molecule has 0 spiro atoms. The van der Waals surface area contributed by atoms with E-state index in [4.69, 9.17) is 0 Å². The number of nitrogens with zero attached hydrogens (tertiary/aromatic N) is 1. The molecule has 25 heavy (non-hydrogen) atoms. The third-order valence-corrected chi connectivity index (χ3v) is 7.23. The van der Waals surface area contributed by atoms with Gasteiger partial charge in [-0.25, -0.2) is 0 Å². The smallest absolute Gasteiger partial charge is 0.145 e. The Kier molecular flexibility index (Phi) is 3.09. The number of hydrogen-bond acceptors (Lipinski definition) is 2. The third-order valence-electron chi connectivity index (χ3n) is 7.23. The molecule has 2 heteroatoms. The molecule has 5 rings (SSSR count). The van der Waals surface area contributed by atoms with Crippen LogP contribution in [-0.2, 0) is 4.79 Å². The molecule has 0 amide bonds. The Morgan fingerprint density at radius 3 is 2.68 bits per heavy atom. The van der Waals surface area contributed by atoms with Gasteiger partial charge in [0.2, 0.25) is 0 Å². The molecule has 0 aromatic heterocycles. The lowest BCUT2D eigenvalue weighted by Crippen LogP contribution is -2.48. The fraction of sp³-hybridized carbons (Fsp3) is 0.435. The lowest BCUT2D eigenvalue weighted by atomic mass is 9.68. The second-order valence-electron chi connectivity index (χ2n) is 8.34. The number of carbonyl (C=O) groups excluding carboxylic acids is 1. The Labute approximate surface area is 149 Å². The molecule has 0 unspecified atom stereocenters. The van der Waals surface area contributed by atoms with Crippen molar-refractivity contribution < 1.29 is 4.79 Å². The second-order valence-corrected chi connectivity index (χ2v) is 8.34. The van der Waals surface area contributed by atoms with Crippen molar-refractivity contribution in [3.05, 3.63) is 54.1 Å². The van der Waals surface area contributed by atoms with Crippen molar-refractivity contribution in [1.82, 2.24) is 4.90 Å². The Morgan fingerprint density at radius 2 is 1.84 bits per heavy atom. The molecule has 2 aromatic rings. The summed E-state index contributed by atoms with van der Waals surface area (Å²) in [5.41, 5.74) is 2.41. The number of fused-ring (bicyclic) bond motifs is 1. The highest BCUT2D eigenvalue weighted by Crippen LogP contribution is 2.67. The van der Waals surface area contributed by atoms with E-state index in [0.717, 1.165) is 6.42 Å². The van der Waals surface area contributed by atoms with Crippen LogP contribution in [0.2, 0.25) is 0 Å². The first-order valence-electron chi connectivity index (χ1n) is 9.52. The van der Waals surface area contributed by atoms with Crippen LogP contribution in [0.15, 0.2) is 48.5 Å². The molecule has 0 heterocycles. The SMILES string of the molecule is CN(C)[C@@]12CC(=O)[C@]3(C=C1c1cccc4ccccc14)CCCC[C@@H]32. The number of hydrogen-bond donors (Lipinski definition) is 0. The highest BCUT2D eigenvalue weighted by atomic mass is 16.1. The van der Waals surface area contributed by atoms with E-state index in [1.54, 1.807) is 0 Å². The van der Waals surface area contributed by atoms with Crippen molar-refractivity contribution in [2.75, 3.05) is 14.1 Å². The highest BCUT2D eigenvalue weighted by molar-refractivity contribution is 6.05. The molecule has 3 aliphatic carbocycles. The van der Waals surface area contributed by atoms with Gasteiger partial charge in [-0.05, 0) is 54.8 Å². The van der Waals surface area contributed by atoms with Gasteiger partial charge in [0.25, 0.3) is 0 Å². The summed E-state index contributed by atoms with van der Waals surface area (Å²) < 4.78 is 0. The Balaban J connectivity index is 1.80. The minimum atomic E-state index is -0.200. The van der Waals surface area contributed by atoms with Crippen LogP contribution in [0.25, 0.3) is 16.3 Å². The summed E-state index contributed by atoms with van der Waals surface area (Å²) in [6, 6.07) is 15.2. The highest BCUT2D eigenvalue weighted by Gasteiger charge is 2.68. The molecule has 0 N–H and O–H groups in total. The van der Waals surface area contributed by atoms with Crippen molar-refractivity contribution in [3.63, 3.8) is 0 Å². The topological polar surface area (TPSA) is 20.3 Å². The zero-order valence-corrected chi connectivity index (χ0v) is 15.1. The van der Waals surface area contributed by atoms with E-state index in [-0.39, 0.29) is 11.0 Å². The van der Waals surface area contributed by atoms with Gasteiger partial charge in [0.1, 0.15) is 5.78 Å². The maximum absolute atomic E-state index is 13.1. The van der Waals surface area contributed by atoms with E-state index in [2.05, 4.69) is 67.5 Å². The van der Waals surface area contributed by atoms with Crippen LogP contribution >= 0.6 is 0 Å². The fourth-order valence-electron chi connectivity index (χ4n) is 6.13. The summed E-state index contributed by atoms with van der Waals surface area (Å²) in [5.74, 6) is 0.931. The molecule has 2 saturated carbocycles. The van der Waals surface area contributed by atoms with Crippen LogP contribution in [0.5, 0.6) is 0 Å². The lowest BCUT2D eigenvalue weighted by molar-refractivity contribution is -0.125. The molecule has 2 fully saturated rings. The van der Waals surface area contributed by atoms with Crippen molar-refractivity contribution in [2.24, 2.45) is 11.3 Å². The lowest BCUT2D eigenvalue weighted by Gasteiger charge is -2.43. The summed E-state index contributed by atoms with van der Waals surface area (Å²) in [6.45, 7) is 0. The van der Waals surface area contributed by atoms with Crippen LogP contribution in [-0.4, -0.2) is 30.3 Å². The standard InChI is InChI=1S/C23H25NO/c1-24(2)23-15-21(25)22(13-6-5-12-20(22)23)14-19(23)18-11-7-9-16-8-3-4-10-17(16)18/h3-4,7-11,14,20H,5-6,12-13,15H2,1-2H3/t20-,22-,23-/m0/s1. The van der Waals surface area contributed by atoms with Crippen LogP contribution in [0, 0.1) is 11.3 Å². The monoisotopic (exact) mass is 331 g/mol. The van der Waals surface area contributed by atoms with E-state index in [0.29, 0.717) is 18.1 Å². The minimum absolute atomic E-state index is 0.123. The quantitative estimate of drug-likeness (QED) is 0.796. The summed E-state index contributed by atoms with van der Waals surface area (Å²) in [6.07, 6.45) is 7.73. The van der Waals surface area contributed by atoms with E-state index in [1.165, 1.54) is 41.2 Å². The van der Waals surface area contributed by atoms with Gasteiger partial charge in [0, 0.05) is 6.42 Å². The number of benzene rings is 2. The van der Waals surface area contributed by atoms with E-state index in [9.17, 15) is 4.79 Å². The predicted octanol–water partition coefficient (Wildman–Crippen LogP) is 4.69. The first-order chi connectivity index (χ1) is 12.1. The van der Waals surface area contributed by atoms with Crippen molar-refractivity contribution in [2.45, 2.75) is 37.6 Å². The molecule has 2 aromatic carbocycles. The molecule has 0 saturated heterocycles. The number of rotatable bonds is 2. The minimum Gasteiger partial charge on any atom is -0.299 e. The fourth-order valence-corrected chi connectivity index (χ4v) is 6.13. The van der Waals surface area contributed by atoms with Crippen LogP contribution in [0.1, 0.15) is 37.7 Å². The summed E-state index contributed by atoms with van der Waals surface area (Å²) in [4.78, 5) is 15.4. The summed E-state index contributed by atoms with van der Waals surface area (Å²) in [7, 11) is 4.34. The summed E-state index contributed by atoms with van der Waals surface area (Å²) >= 11 is 0. The molecule has 2 bridgehead atoms. The van der Waals surface area contributed by atoms with Crippen LogP contribution in [0.3, 0.4) is 0 Å². The molecular weight excluding hydrogens is 306 g/mol. The molecule has 128 valence electrons. The van der Waals surface area contributed by atoms with E-state index >= 15 is 0 Å². The largest absolute Gasteiger partial charge is 0.299 e. The molecule has 3 atom stereocenters. The first-order valence-corrected chi connectivity index (χ1v) is 9.52. The van der Waals surface area contributed by atoms with Gasteiger partial charge in [-0.2, -0.15) is 0 Å². The van der Waals surface area contributed by atoms with Gasteiger partial charge in [-0.3, -0.25) is 9.69 Å². The maximum atomic E-state index is 13.1. The Bertz CT molecular complexity index is 906. The second kappa shape index (κ2) is 5.04. The number of allylic oxidation sites excluding steroid dienone is 1. The van der Waals surface area contributed by atoms with Crippen molar-refractivity contribution >= 4 is 22.1 Å². The van der Waals surface area contributed by atoms with Crippen molar-refractivity contribution in [1.29, 1.82) is 0 Å². The number of likely N-dealkylation sites (N-methyl/N-ethyl adjacent to an activating group) is 1. The third kappa shape index (κ3) is 1.76. The average molecular weight is 331 g/mol.